The third-order valence-electron chi connectivity index (χ3n) is 2.62. The number of imidazole rings is 1. The molecule has 0 saturated carbocycles. The fourth-order valence-corrected chi connectivity index (χ4v) is 1.72. The fourth-order valence-electron chi connectivity index (χ4n) is 1.72. The molecule has 0 spiro atoms. The minimum atomic E-state index is 0.412. The number of nitrogens with zero attached hydrogens (tertiary/aromatic N) is 2. The molecule has 1 aromatic heterocycles. The van der Waals surface area contributed by atoms with E-state index in [2.05, 4.69) is 10.3 Å². The molecule has 1 unspecified atom stereocenters. The second-order valence-corrected chi connectivity index (χ2v) is 3.69. The topological polar surface area (TPSA) is 39.1 Å². The zero-order valence-corrected chi connectivity index (χ0v) is 8.57. The van der Waals surface area contributed by atoms with Gasteiger partial charge in [0.15, 0.2) is 0 Å². The number of hydrogen-bond acceptors (Lipinski definition) is 3. The highest BCUT2D eigenvalue weighted by Crippen LogP contribution is 2.04. The minimum Gasteiger partial charge on any atom is -0.376 e. The molecule has 0 aliphatic carbocycles. The highest BCUT2D eigenvalue weighted by molar-refractivity contribution is 4.91. The summed E-state index contributed by atoms with van der Waals surface area (Å²) >= 11 is 0. The number of aryl methyl sites for hydroxylation is 1. The molecule has 0 radical (unpaired) electrons. The van der Waals surface area contributed by atoms with Gasteiger partial charge in [-0.3, -0.25) is 0 Å². The molecule has 4 heteroatoms. The standard InChI is InChI=1S/C10H17N3O/c1-13-6-5-12-10(13)3-7-14-9-2-4-11-8-9/h5-6,9,11H,2-4,7-8H2,1H3. The van der Waals surface area contributed by atoms with Gasteiger partial charge in [0.2, 0.25) is 0 Å². The lowest BCUT2D eigenvalue weighted by Gasteiger charge is -2.09. The van der Waals surface area contributed by atoms with E-state index in [1.807, 2.05) is 24.0 Å². The average molecular weight is 195 g/mol. The van der Waals surface area contributed by atoms with Crippen molar-refractivity contribution < 1.29 is 4.74 Å². The lowest BCUT2D eigenvalue weighted by atomic mass is 10.3. The molecule has 1 aliphatic heterocycles. The summed E-state index contributed by atoms with van der Waals surface area (Å²) in [6.45, 7) is 2.87. The van der Waals surface area contributed by atoms with Crippen LogP contribution in [0.5, 0.6) is 0 Å². The number of hydrogen-bond donors (Lipinski definition) is 1. The van der Waals surface area contributed by atoms with Gasteiger partial charge < -0.3 is 14.6 Å². The Hall–Kier alpha value is -0.870. The predicted molar refractivity (Wildman–Crippen MR) is 54.1 cm³/mol. The Morgan fingerprint density at radius 1 is 1.71 bits per heavy atom. The van der Waals surface area contributed by atoms with Crippen LogP contribution in [0.3, 0.4) is 0 Å². The molecule has 14 heavy (non-hydrogen) atoms. The molecule has 1 atom stereocenters. The summed E-state index contributed by atoms with van der Waals surface area (Å²) in [5, 5.41) is 3.28. The number of ether oxygens (including phenoxy) is 1. The first kappa shape index (κ1) is 9.68. The van der Waals surface area contributed by atoms with Gasteiger partial charge in [0.25, 0.3) is 0 Å². The largest absolute Gasteiger partial charge is 0.376 e. The SMILES string of the molecule is Cn1ccnc1CCOC1CCNC1. The molecule has 1 fully saturated rings. The van der Waals surface area contributed by atoms with Crippen LogP contribution in [-0.2, 0) is 18.2 Å². The number of nitrogens with one attached hydrogen (secondary N) is 1. The van der Waals surface area contributed by atoms with Crippen LogP contribution < -0.4 is 5.32 Å². The summed E-state index contributed by atoms with van der Waals surface area (Å²) in [6.07, 6.45) is 6.25. The van der Waals surface area contributed by atoms with E-state index in [1.165, 1.54) is 0 Å². The van der Waals surface area contributed by atoms with E-state index >= 15 is 0 Å². The second kappa shape index (κ2) is 4.57. The molecule has 1 saturated heterocycles. The number of rotatable bonds is 4. The van der Waals surface area contributed by atoms with Crippen LogP contribution in [0.15, 0.2) is 12.4 Å². The van der Waals surface area contributed by atoms with Crippen molar-refractivity contribution in [3.63, 3.8) is 0 Å². The first-order valence-electron chi connectivity index (χ1n) is 5.15. The van der Waals surface area contributed by atoms with Gasteiger partial charge in [0, 0.05) is 32.4 Å². The monoisotopic (exact) mass is 195 g/mol. The van der Waals surface area contributed by atoms with Gasteiger partial charge in [-0.25, -0.2) is 4.98 Å². The smallest absolute Gasteiger partial charge is 0.110 e. The van der Waals surface area contributed by atoms with Crippen molar-refractivity contribution in [2.45, 2.75) is 18.9 Å². The van der Waals surface area contributed by atoms with Gasteiger partial charge in [0.05, 0.1) is 12.7 Å². The summed E-state index contributed by atoms with van der Waals surface area (Å²) in [7, 11) is 2.01. The van der Waals surface area contributed by atoms with Gasteiger partial charge >= 0.3 is 0 Å². The van der Waals surface area contributed by atoms with Crippen LogP contribution in [0.4, 0.5) is 0 Å². The maximum atomic E-state index is 5.72. The molecule has 2 heterocycles. The van der Waals surface area contributed by atoms with Crippen LogP contribution in [0.25, 0.3) is 0 Å². The lowest BCUT2D eigenvalue weighted by Crippen LogP contribution is -2.18. The Kier molecular flexibility index (Phi) is 3.16. The molecule has 0 amide bonds. The highest BCUT2D eigenvalue weighted by Gasteiger charge is 2.14. The Morgan fingerprint density at radius 2 is 2.64 bits per heavy atom. The van der Waals surface area contributed by atoms with Crippen LogP contribution >= 0.6 is 0 Å². The van der Waals surface area contributed by atoms with E-state index < -0.39 is 0 Å². The van der Waals surface area contributed by atoms with Gasteiger partial charge in [-0.15, -0.1) is 0 Å². The summed E-state index contributed by atoms with van der Waals surface area (Å²) in [5.74, 6) is 1.09. The van der Waals surface area contributed by atoms with Crippen molar-refractivity contribution in [1.29, 1.82) is 0 Å². The molecular weight excluding hydrogens is 178 g/mol. The maximum absolute atomic E-state index is 5.72. The fraction of sp³-hybridized carbons (Fsp3) is 0.700. The van der Waals surface area contributed by atoms with Gasteiger partial charge in [-0.2, -0.15) is 0 Å². The molecule has 2 rings (SSSR count). The third kappa shape index (κ3) is 2.33. The van der Waals surface area contributed by atoms with Gasteiger partial charge in [0.1, 0.15) is 5.82 Å². The zero-order valence-electron chi connectivity index (χ0n) is 8.57. The van der Waals surface area contributed by atoms with Crippen molar-refractivity contribution >= 4 is 0 Å². The molecule has 1 N–H and O–H groups in total. The first-order valence-corrected chi connectivity index (χ1v) is 5.15. The normalized spacial score (nSPS) is 21.6. The van der Waals surface area contributed by atoms with Gasteiger partial charge in [-0.05, 0) is 13.0 Å². The quantitative estimate of drug-likeness (QED) is 0.753. The van der Waals surface area contributed by atoms with E-state index in [1.54, 1.807) is 0 Å². The van der Waals surface area contributed by atoms with E-state index in [0.717, 1.165) is 38.4 Å². The van der Waals surface area contributed by atoms with E-state index in [-0.39, 0.29) is 0 Å². The molecular formula is C10H17N3O. The predicted octanol–water partition coefficient (Wildman–Crippen LogP) is 0.341. The van der Waals surface area contributed by atoms with Crippen LogP contribution in [0.1, 0.15) is 12.2 Å². The van der Waals surface area contributed by atoms with Gasteiger partial charge in [-0.1, -0.05) is 0 Å². The summed E-state index contributed by atoms with van der Waals surface area (Å²) in [4.78, 5) is 4.25. The Labute approximate surface area is 84.3 Å². The van der Waals surface area contributed by atoms with Crippen LogP contribution in [0, 0.1) is 0 Å². The van der Waals surface area contributed by atoms with E-state index in [0.29, 0.717) is 6.10 Å². The molecule has 78 valence electrons. The number of aromatic nitrogens is 2. The Balaban J connectivity index is 1.70. The molecule has 1 aromatic rings. The van der Waals surface area contributed by atoms with E-state index in [9.17, 15) is 0 Å². The highest BCUT2D eigenvalue weighted by atomic mass is 16.5. The van der Waals surface area contributed by atoms with Crippen molar-refractivity contribution in [2.75, 3.05) is 19.7 Å². The molecule has 0 bridgehead atoms. The van der Waals surface area contributed by atoms with Crippen molar-refractivity contribution in [3.8, 4) is 0 Å². The summed E-state index contributed by atoms with van der Waals surface area (Å²) < 4.78 is 7.75. The molecule has 4 nitrogen and oxygen atoms in total. The molecule has 0 aromatic carbocycles. The first-order chi connectivity index (χ1) is 6.86. The minimum absolute atomic E-state index is 0.412. The summed E-state index contributed by atoms with van der Waals surface area (Å²) in [5.41, 5.74) is 0. The van der Waals surface area contributed by atoms with Crippen molar-refractivity contribution in [2.24, 2.45) is 7.05 Å². The van der Waals surface area contributed by atoms with Crippen molar-refractivity contribution in [3.05, 3.63) is 18.2 Å². The zero-order chi connectivity index (χ0) is 9.80. The average Bonchev–Trinajstić information content (AvgIpc) is 2.78. The Morgan fingerprint density at radius 3 is 3.29 bits per heavy atom. The lowest BCUT2D eigenvalue weighted by molar-refractivity contribution is 0.0683. The summed E-state index contributed by atoms with van der Waals surface area (Å²) in [6, 6.07) is 0. The second-order valence-electron chi connectivity index (χ2n) is 3.69. The molecule has 1 aliphatic rings. The van der Waals surface area contributed by atoms with E-state index in [4.69, 9.17) is 4.74 Å². The maximum Gasteiger partial charge on any atom is 0.110 e. The van der Waals surface area contributed by atoms with Crippen molar-refractivity contribution in [1.82, 2.24) is 14.9 Å². The third-order valence-corrected chi connectivity index (χ3v) is 2.62. The van der Waals surface area contributed by atoms with Crippen LogP contribution in [-0.4, -0.2) is 35.4 Å². The Bertz CT molecular complexity index is 279. The van der Waals surface area contributed by atoms with Crippen LogP contribution in [0.2, 0.25) is 0 Å².